The topological polar surface area (TPSA) is 0 Å². The average Bonchev–Trinajstić information content (AvgIpc) is 2.25. The smallest absolute Gasteiger partial charge is 0.0142 e. The van der Waals surface area contributed by atoms with Gasteiger partial charge in [-0.1, -0.05) is 42.7 Å². The average molecular weight is 206 g/mol. The summed E-state index contributed by atoms with van der Waals surface area (Å²) in [4.78, 5) is 0. The summed E-state index contributed by atoms with van der Waals surface area (Å²) < 4.78 is 0. The fourth-order valence-electron chi connectivity index (χ4n) is 1.80. The standard InChI is InChI=1S/C15H26/c1-8-10-12(4)14(6)15(7)13(5)11(3)9-2/h8-9,13,15H,1,10H2,2-7H3/b11-9+,14-12+. The van der Waals surface area contributed by atoms with Gasteiger partial charge in [0.2, 0.25) is 0 Å². The van der Waals surface area contributed by atoms with Crippen molar-refractivity contribution in [1.29, 1.82) is 0 Å². The van der Waals surface area contributed by atoms with Crippen LogP contribution < -0.4 is 0 Å². The molecule has 0 aromatic carbocycles. The Morgan fingerprint density at radius 2 is 1.67 bits per heavy atom. The van der Waals surface area contributed by atoms with E-state index < -0.39 is 0 Å². The van der Waals surface area contributed by atoms with Crippen molar-refractivity contribution in [3.05, 3.63) is 35.5 Å². The van der Waals surface area contributed by atoms with Crippen molar-refractivity contribution in [2.24, 2.45) is 11.8 Å². The number of allylic oxidation sites excluding steroid dienone is 5. The fraction of sp³-hybridized carbons (Fsp3) is 0.600. The normalized spacial score (nSPS) is 18.1. The van der Waals surface area contributed by atoms with Gasteiger partial charge in [-0.05, 0) is 46.0 Å². The Bertz CT molecular complexity index is 266. The molecule has 0 aromatic rings. The largest absolute Gasteiger partial charge is 0.103 e. The minimum Gasteiger partial charge on any atom is -0.103 e. The highest BCUT2D eigenvalue weighted by atomic mass is 14.2. The van der Waals surface area contributed by atoms with Crippen LogP contribution in [0.2, 0.25) is 0 Å². The first kappa shape index (κ1) is 14.2. The summed E-state index contributed by atoms with van der Waals surface area (Å²) in [5, 5.41) is 0. The molecule has 0 nitrogen and oxygen atoms in total. The first-order valence-corrected chi connectivity index (χ1v) is 5.85. The summed E-state index contributed by atoms with van der Waals surface area (Å²) in [6, 6.07) is 0. The van der Waals surface area contributed by atoms with E-state index in [1.54, 1.807) is 0 Å². The van der Waals surface area contributed by atoms with Crippen LogP contribution in [0.15, 0.2) is 35.5 Å². The van der Waals surface area contributed by atoms with Crippen LogP contribution >= 0.6 is 0 Å². The van der Waals surface area contributed by atoms with Gasteiger partial charge in [-0.2, -0.15) is 0 Å². The number of hydrogen-bond acceptors (Lipinski definition) is 0. The van der Waals surface area contributed by atoms with Gasteiger partial charge in [-0.15, -0.1) is 6.58 Å². The lowest BCUT2D eigenvalue weighted by molar-refractivity contribution is 0.498. The van der Waals surface area contributed by atoms with E-state index in [-0.39, 0.29) is 0 Å². The third-order valence-corrected chi connectivity index (χ3v) is 3.73. The maximum Gasteiger partial charge on any atom is -0.0142 e. The van der Waals surface area contributed by atoms with Crippen LogP contribution in [0.3, 0.4) is 0 Å². The Morgan fingerprint density at radius 1 is 1.13 bits per heavy atom. The van der Waals surface area contributed by atoms with Gasteiger partial charge in [0.1, 0.15) is 0 Å². The molecule has 0 aliphatic carbocycles. The molecule has 0 radical (unpaired) electrons. The molecular weight excluding hydrogens is 180 g/mol. The lowest BCUT2D eigenvalue weighted by atomic mass is 9.82. The van der Waals surface area contributed by atoms with Crippen LogP contribution in [0.25, 0.3) is 0 Å². The first-order chi connectivity index (χ1) is 6.95. The van der Waals surface area contributed by atoms with E-state index in [1.807, 2.05) is 6.08 Å². The molecule has 0 rings (SSSR count). The van der Waals surface area contributed by atoms with Crippen molar-refractivity contribution in [3.63, 3.8) is 0 Å². The van der Waals surface area contributed by atoms with Gasteiger partial charge in [-0.25, -0.2) is 0 Å². The predicted molar refractivity (Wildman–Crippen MR) is 70.9 cm³/mol. The second-order valence-corrected chi connectivity index (χ2v) is 4.57. The second-order valence-electron chi connectivity index (χ2n) is 4.57. The molecule has 0 fully saturated rings. The zero-order chi connectivity index (χ0) is 12.0. The molecule has 2 unspecified atom stereocenters. The van der Waals surface area contributed by atoms with E-state index in [0.29, 0.717) is 11.8 Å². The molecule has 0 bridgehead atoms. The molecule has 0 amide bonds. The van der Waals surface area contributed by atoms with Gasteiger partial charge in [-0.3, -0.25) is 0 Å². The molecule has 0 saturated heterocycles. The van der Waals surface area contributed by atoms with E-state index in [4.69, 9.17) is 0 Å². The van der Waals surface area contributed by atoms with E-state index in [1.165, 1.54) is 16.7 Å². The summed E-state index contributed by atoms with van der Waals surface area (Å²) in [5.41, 5.74) is 4.46. The molecule has 0 saturated carbocycles. The predicted octanol–water partition coefficient (Wildman–Crippen LogP) is 5.14. The van der Waals surface area contributed by atoms with Crippen LogP contribution in [0.4, 0.5) is 0 Å². The highest BCUT2D eigenvalue weighted by Gasteiger charge is 2.16. The molecule has 0 heteroatoms. The monoisotopic (exact) mass is 206 g/mol. The summed E-state index contributed by atoms with van der Waals surface area (Å²) in [6.07, 6.45) is 5.22. The minimum absolute atomic E-state index is 0.626. The summed E-state index contributed by atoms with van der Waals surface area (Å²) in [5.74, 6) is 1.26. The fourth-order valence-corrected chi connectivity index (χ4v) is 1.80. The van der Waals surface area contributed by atoms with E-state index in [2.05, 4.69) is 54.2 Å². The first-order valence-electron chi connectivity index (χ1n) is 5.85. The molecule has 0 spiro atoms. The van der Waals surface area contributed by atoms with Crippen molar-refractivity contribution in [1.82, 2.24) is 0 Å². The quantitative estimate of drug-likeness (QED) is 0.546. The molecule has 2 atom stereocenters. The van der Waals surface area contributed by atoms with Crippen LogP contribution in [-0.2, 0) is 0 Å². The second kappa shape index (κ2) is 6.66. The molecule has 15 heavy (non-hydrogen) atoms. The Kier molecular flexibility index (Phi) is 6.31. The van der Waals surface area contributed by atoms with Gasteiger partial charge in [0.05, 0.1) is 0 Å². The summed E-state index contributed by atoms with van der Waals surface area (Å²) in [7, 11) is 0. The van der Waals surface area contributed by atoms with Crippen LogP contribution in [-0.4, -0.2) is 0 Å². The van der Waals surface area contributed by atoms with Gasteiger partial charge >= 0.3 is 0 Å². The molecule has 0 aliphatic heterocycles. The maximum atomic E-state index is 3.79. The third kappa shape index (κ3) is 4.07. The zero-order valence-corrected chi connectivity index (χ0v) is 11.2. The lowest BCUT2D eigenvalue weighted by Crippen LogP contribution is -2.11. The van der Waals surface area contributed by atoms with Crippen LogP contribution in [0, 0.1) is 11.8 Å². The SMILES string of the molecule is C=CC/C(C)=C(\C)C(C)C(C)/C(C)=C/C. The van der Waals surface area contributed by atoms with Gasteiger partial charge in [0.25, 0.3) is 0 Å². The number of hydrogen-bond donors (Lipinski definition) is 0. The highest BCUT2D eigenvalue weighted by molar-refractivity contribution is 5.18. The Balaban J connectivity index is 4.77. The number of rotatable bonds is 5. The summed E-state index contributed by atoms with van der Waals surface area (Å²) in [6.45, 7) is 17.2. The lowest BCUT2D eigenvalue weighted by Gasteiger charge is -2.23. The molecule has 0 N–H and O–H groups in total. The Morgan fingerprint density at radius 3 is 2.07 bits per heavy atom. The molecule has 0 heterocycles. The zero-order valence-electron chi connectivity index (χ0n) is 11.2. The van der Waals surface area contributed by atoms with Crippen molar-refractivity contribution in [2.75, 3.05) is 0 Å². The van der Waals surface area contributed by atoms with Crippen LogP contribution in [0.1, 0.15) is 48.0 Å². The maximum absolute atomic E-state index is 3.79. The molecule has 0 aromatic heterocycles. The minimum atomic E-state index is 0.626. The molecular formula is C15H26. The van der Waals surface area contributed by atoms with Crippen molar-refractivity contribution < 1.29 is 0 Å². The van der Waals surface area contributed by atoms with Crippen molar-refractivity contribution >= 4 is 0 Å². The van der Waals surface area contributed by atoms with Crippen LogP contribution in [0.5, 0.6) is 0 Å². The van der Waals surface area contributed by atoms with E-state index in [9.17, 15) is 0 Å². The molecule has 0 aliphatic rings. The van der Waals surface area contributed by atoms with Crippen molar-refractivity contribution in [3.8, 4) is 0 Å². The molecule has 86 valence electrons. The van der Waals surface area contributed by atoms with Gasteiger partial charge in [0.15, 0.2) is 0 Å². The van der Waals surface area contributed by atoms with E-state index >= 15 is 0 Å². The van der Waals surface area contributed by atoms with Crippen molar-refractivity contribution in [2.45, 2.75) is 48.0 Å². The summed E-state index contributed by atoms with van der Waals surface area (Å²) >= 11 is 0. The Hall–Kier alpha value is -0.780. The Labute approximate surface area is 95.8 Å². The van der Waals surface area contributed by atoms with Gasteiger partial charge in [0, 0.05) is 0 Å². The van der Waals surface area contributed by atoms with Gasteiger partial charge < -0.3 is 0 Å². The van der Waals surface area contributed by atoms with E-state index in [0.717, 1.165) is 6.42 Å². The third-order valence-electron chi connectivity index (χ3n) is 3.73. The highest BCUT2D eigenvalue weighted by Crippen LogP contribution is 2.28.